The fourth-order valence-corrected chi connectivity index (χ4v) is 2.19. The highest BCUT2D eigenvalue weighted by Gasteiger charge is 2.28. The molecule has 0 unspecified atom stereocenters. The molecule has 0 aliphatic heterocycles. The molecule has 0 heterocycles. The van der Waals surface area contributed by atoms with Crippen molar-refractivity contribution < 1.29 is 9.90 Å². The smallest absolute Gasteiger partial charge is 0.220 e. The van der Waals surface area contributed by atoms with Crippen LogP contribution in [0.5, 0.6) is 0 Å². The number of aliphatic hydroxyl groups excluding tert-OH is 1. The molecule has 0 saturated heterocycles. The lowest BCUT2D eigenvalue weighted by molar-refractivity contribution is -0.123. The minimum absolute atomic E-state index is 0.0295. The van der Waals surface area contributed by atoms with E-state index in [0.717, 1.165) is 5.56 Å². The van der Waals surface area contributed by atoms with Crippen LogP contribution >= 0.6 is 11.6 Å². The summed E-state index contributed by atoms with van der Waals surface area (Å²) >= 11 is 6.01. The lowest BCUT2D eigenvalue weighted by Gasteiger charge is -2.31. The van der Waals surface area contributed by atoms with E-state index in [2.05, 4.69) is 5.32 Å². The molecule has 0 atom stereocenters. The third-order valence-corrected chi connectivity index (χ3v) is 3.43. The molecule has 1 saturated carbocycles. The maximum Gasteiger partial charge on any atom is 0.220 e. The highest BCUT2D eigenvalue weighted by atomic mass is 35.5. The molecule has 0 bridgehead atoms. The van der Waals surface area contributed by atoms with Gasteiger partial charge in [0.1, 0.15) is 0 Å². The number of carbonyl (C=O) groups excluding carboxylic acids is 1. The van der Waals surface area contributed by atoms with Crippen LogP contribution in [0.4, 0.5) is 0 Å². The summed E-state index contributed by atoms with van der Waals surface area (Å²) in [5.74, 6) is 0.0295. The molecule has 2 rings (SSSR count). The van der Waals surface area contributed by atoms with Crippen molar-refractivity contribution in [2.45, 2.75) is 37.8 Å². The number of hydrogen-bond donors (Lipinski definition) is 2. The molecule has 3 nitrogen and oxygen atoms in total. The van der Waals surface area contributed by atoms with E-state index in [1.807, 2.05) is 24.3 Å². The normalized spacial score (nSPS) is 22.9. The summed E-state index contributed by atoms with van der Waals surface area (Å²) in [6.45, 7) is 0. The summed E-state index contributed by atoms with van der Waals surface area (Å²) in [6, 6.07) is 7.71. The monoisotopic (exact) mass is 253 g/mol. The predicted molar refractivity (Wildman–Crippen MR) is 66.9 cm³/mol. The number of nitrogens with one attached hydrogen (secondary N) is 1. The molecule has 92 valence electrons. The fraction of sp³-hybridized carbons (Fsp3) is 0.462. The van der Waals surface area contributed by atoms with Gasteiger partial charge >= 0.3 is 0 Å². The van der Waals surface area contributed by atoms with Gasteiger partial charge in [-0.2, -0.15) is 0 Å². The van der Waals surface area contributed by atoms with Gasteiger partial charge in [0, 0.05) is 17.5 Å². The number of halogens is 1. The summed E-state index contributed by atoms with van der Waals surface area (Å²) in [5.41, 5.74) is 0.998. The number of rotatable bonds is 4. The van der Waals surface area contributed by atoms with Gasteiger partial charge in [0.25, 0.3) is 0 Å². The average Bonchev–Trinajstić information content (AvgIpc) is 2.26. The number of hydrogen-bond acceptors (Lipinski definition) is 2. The highest BCUT2D eigenvalue weighted by molar-refractivity contribution is 6.31. The van der Waals surface area contributed by atoms with Crippen molar-refractivity contribution in [3.8, 4) is 0 Å². The van der Waals surface area contributed by atoms with E-state index in [1.54, 1.807) is 0 Å². The van der Waals surface area contributed by atoms with E-state index >= 15 is 0 Å². The number of amides is 1. The summed E-state index contributed by atoms with van der Waals surface area (Å²) in [4.78, 5) is 11.6. The summed E-state index contributed by atoms with van der Waals surface area (Å²) in [5, 5.41) is 12.7. The van der Waals surface area contributed by atoms with Crippen molar-refractivity contribution in [1.29, 1.82) is 0 Å². The minimum atomic E-state index is -0.233. The van der Waals surface area contributed by atoms with Crippen LogP contribution in [0.3, 0.4) is 0 Å². The molecule has 1 aromatic rings. The Bertz CT molecular complexity index is 402. The number of aliphatic hydroxyl groups is 1. The Kier molecular flexibility index (Phi) is 4.02. The summed E-state index contributed by atoms with van der Waals surface area (Å²) in [6.07, 6.45) is 2.22. The molecule has 1 fully saturated rings. The van der Waals surface area contributed by atoms with Crippen LogP contribution in [0.2, 0.25) is 5.02 Å². The third kappa shape index (κ3) is 3.45. The Morgan fingerprint density at radius 3 is 2.76 bits per heavy atom. The first-order valence-electron chi connectivity index (χ1n) is 5.86. The van der Waals surface area contributed by atoms with Gasteiger partial charge in [0.15, 0.2) is 0 Å². The van der Waals surface area contributed by atoms with E-state index in [-0.39, 0.29) is 18.1 Å². The minimum Gasteiger partial charge on any atom is -0.393 e. The Morgan fingerprint density at radius 1 is 1.41 bits per heavy atom. The largest absolute Gasteiger partial charge is 0.393 e. The first kappa shape index (κ1) is 12.4. The SMILES string of the molecule is O=C(CCc1ccccc1Cl)NC1CC(O)C1. The third-order valence-electron chi connectivity index (χ3n) is 3.06. The average molecular weight is 254 g/mol. The van der Waals surface area contributed by atoms with Crippen molar-refractivity contribution in [2.75, 3.05) is 0 Å². The van der Waals surface area contributed by atoms with Gasteiger partial charge in [-0.05, 0) is 30.9 Å². The van der Waals surface area contributed by atoms with Crippen molar-refractivity contribution in [3.05, 3.63) is 34.9 Å². The van der Waals surface area contributed by atoms with Crippen LogP contribution in [-0.2, 0) is 11.2 Å². The zero-order valence-electron chi connectivity index (χ0n) is 9.53. The van der Waals surface area contributed by atoms with Crippen molar-refractivity contribution in [3.63, 3.8) is 0 Å². The topological polar surface area (TPSA) is 49.3 Å². The second kappa shape index (κ2) is 5.52. The molecule has 4 heteroatoms. The van der Waals surface area contributed by atoms with Crippen LogP contribution in [-0.4, -0.2) is 23.2 Å². The maximum absolute atomic E-state index is 11.6. The molecule has 1 amide bonds. The Labute approximate surface area is 106 Å². The molecular formula is C13H16ClNO2. The molecule has 0 radical (unpaired) electrons. The first-order valence-corrected chi connectivity index (χ1v) is 6.24. The maximum atomic E-state index is 11.6. The van der Waals surface area contributed by atoms with E-state index in [4.69, 9.17) is 16.7 Å². The van der Waals surface area contributed by atoms with Crippen LogP contribution < -0.4 is 5.32 Å². The molecule has 0 spiro atoms. The molecule has 2 N–H and O–H groups in total. The second-order valence-corrected chi connectivity index (χ2v) is 4.89. The number of aryl methyl sites for hydroxylation is 1. The van der Waals surface area contributed by atoms with Crippen LogP contribution in [0.25, 0.3) is 0 Å². The van der Waals surface area contributed by atoms with Gasteiger partial charge in [0.05, 0.1) is 6.10 Å². The van der Waals surface area contributed by atoms with E-state index in [1.165, 1.54) is 0 Å². The zero-order chi connectivity index (χ0) is 12.3. The first-order chi connectivity index (χ1) is 8.15. The molecule has 1 aliphatic rings. The molecule has 1 aromatic carbocycles. The number of carbonyl (C=O) groups is 1. The molecule has 17 heavy (non-hydrogen) atoms. The molecule has 0 aromatic heterocycles. The van der Waals surface area contributed by atoms with Gasteiger partial charge in [-0.25, -0.2) is 0 Å². The van der Waals surface area contributed by atoms with E-state index < -0.39 is 0 Å². The van der Waals surface area contributed by atoms with Gasteiger partial charge in [-0.3, -0.25) is 4.79 Å². The van der Waals surface area contributed by atoms with Crippen molar-refractivity contribution in [2.24, 2.45) is 0 Å². The Morgan fingerprint density at radius 2 is 2.12 bits per heavy atom. The van der Waals surface area contributed by atoms with Crippen molar-refractivity contribution >= 4 is 17.5 Å². The molecule has 1 aliphatic carbocycles. The number of benzene rings is 1. The second-order valence-electron chi connectivity index (χ2n) is 4.48. The van der Waals surface area contributed by atoms with Crippen LogP contribution in [0.15, 0.2) is 24.3 Å². The van der Waals surface area contributed by atoms with Crippen LogP contribution in [0.1, 0.15) is 24.8 Å². The zero-order valence-corrected chi connectivity index (χ0v) is 10.3. The lowest BCUT2D eigenvalue weighted by Crippen LogP contribution is -2.46. The predicted octanol–water partition coefficient (Wildman–Crippen LogP) is 1.91. The van der Waals surface area contributed by atoms with Gasteiger partial charge in [0.2, 0.25) is 5.91 Å². The van der Waals surface area contributed by atoms with Gasteiger partial charge in [-0.15, -0.1) is 0 Å². The van der Waals surface area contributed by atoms with Gasteiger partial charge in [-0.1, -0.05) is 29.8 Å². The standard InChI is InChI=1S/C13H16ClNO2/c14-12-4-2-1-3-9(12)5-6-13(17)15-10-7-11(16)8-10/h1-4,10-11,16H,5-8H2,(H,15,17). The Hall–Kier alpha value is -1.06. The summed E-state index contributed by atoms with van der Waals surface area (Å²) in [7, 11) is 0. The molecular weight excluding hydrogens is 238 g/mol. The van der Waals surface area contributed by atoms with E-state index in [0.29, 0.717) is 30.7 Å². The summed E-state index contributed by atoms with van der Waals surface area (Å²) < 4.78 is 0. The highest BCUT2D eigenvalue weighted by Crippen LogP contribution is 2.20. The van der Waals surface area contributed by atoms with E-state index in [9.17, 15) is 4.79 Å². The Balaban J connectivity index is 1.75. The van der Waals surface area contributed by atoms with Crippen LogP contribution in [0, 0.1) is 0 Å². The quantitative estimate of drug-likeness (QED) is 0.861. The van der Waals surface area contributed by atoms with Crippen molar-refractivity contribution in [1.82, 2.24) is 5.32 Å². The fourth-order valence-electron chi connectivity index (χ4n) is 1.95. The lowest BCUT2D eigenvalue weighted by atomic mass is 9.89. The van der Waals surface area contributed by atoms with Gasteiger partial charge < -0.3 is 10.4 Å².